The first-order chi connectivity index (χ1) is 6.24. The zero-order valence-corrected chi connectivity index (χ0v) is 9.25. The first-order valence-corrected chi connectivity index (χ1v) is 5.20. The van der Waals surface area contributed by atoms with E-state index in [1.807, 2.05) is 6.92 Å². The topological polar surface area (TPSA) is 38.5 Å². The van der Waals surface area contributed by atoms with Gasteiger partial charge in [0.15, 0.2) is 0 Å². The highest BCUT2D eigenvalue weighted by molar-refractivity contribution is 4.62. The summed E-state index contributed by atoms with van der Waals surface area (Å²) in [7, 11) is 2.12. The van der Waals surface area contributed by atoms with Crippen LogP contribution in [0.3, 0.4) is 0 Å². The fourth-order valence-corrected chi connectivity index (χ4v) is 1.27. The van der Waals surface area contributed by atoms with Gasteiger partial charge >= 0.3 is 0 Å². The molecular weight excluding hydrogens is 164 g/mol. The van der Waals surface area contributed by atoms with Crippen LogP contribution in [-0.4, -0.2) is 44.8 Å². The average Bonchev–Trinajstić information content (AvgIpc) is 2.14. The van der Waals surface area contributed by atoms with Crippen LogP contribution in [0.15, 0.2) is 0 Å². The van der Waals surface area contributed by atoms with Crippen molar-refractivity contribution in [2.45, 2.75) is 20.3 Å². The Hall–Kier alpha value is -0.120. The van der Waals surface area contributed by atoms with Crippen molar-refractivity contribution < 1.29 is 4.74 Å². The number of hydrogen-bond donors (Lipinski definition) is 1. The summed E-state index contributed by atoms with van der Waals surface area (Å²) in [5, 5.41) is 0. The third-order valence-corrected chi connectivity index (χ3v) is 2.30. The molecule has 0 saturated carbocycles. The second kappa shape index (κ2) is 8.48. The highest BCUT2D eigenvalue weighted by atomic mass is 16.5. The molecule has 0 saturated heterocycles. The van der Waals surface area contributed by atoms with Crippen molar-refractivity contribution in [3.8, 4) is 0 Å². The first kappa shape index (κ1) is 12.9. The predicted octanol–water partition coefficient (Wildman–Crippen LogP) is 0.940. The molecule has 0 amide bonds. The Balaban J connectivity index is 3.42. The molecule has 0 radical (unpaired) electrons. The molecule has 0 aromatic rings. The molecule has 2 N–H and O–H groups in total. The zero-order chi connectivity index (χ0) is 10.1. The fraction of sp³-hybridized carbons (Fsp3) is 1.00. The van der Waals surface area contributed by atoms with Gasteiger partial charge in [0.25, 0.3) is 0 Å². The van der Waals surface area contributed by atoms with E-state index in [-0.39, 0.29) is 0 Å². The maximum absolute atomic E-state index is 5.63. The van der Waals surface area contributed by atoms with Gasteiger partial charge in [-0.15, -0.1) is 0 Å². The van der Waals surface area contributed by atoms with E-state index in [1.165, 1.54) is 0 Å². The van der Waals surface area contributed by atoms with E-state index in [2.05, 4.69) is 18.9 Å². The number of rotatable bonds is 8. The molecule has 0 aliphatic carbocycles. The number of ether oxygens (including phenoxy) is 1. The van der Waals surface area contributed by atoms with Gasteiger partial charge in [0.05, 0.1) is 6.61 Å². The lowest BCUT2D eigenvalue weighted by atomic mass is 10.1. The van der Waals surface area contributed by atoms with E-state index < -0.39 is 0 Å². The summed E-state index contributed by atoms with van der Waals surface area (Å²) in [6.07, 6.45) is 1.16. The van der Waals surface area contributed by atoms with Crippen LogP contribution in [0.1, 0.15) is 20.3 Å². The standard InChI is InChI=1S/C10H24N2O/c1-4-10(8-11)9-12(3)6-7-13-5-2/h10H,4-9,11H2,1-3H3. The smallest absolute Gasteiger partial charge is 0.0593 e. The van der Waals surface area contributed by atoms with Gasteiger partial charge in [0.1, 0.15) is 0 Å². The lowest BCUT2D eigenvalue weighted by Gasteiger charge is -2.21. The van der Waals surface area contributed by atoms with Crippen molar-refractivity contribution in [3.63, 3.8) is 0 Å². The van der Waals surface area contributed by atoms with Crippen LogP contribution in [-0.2, 0) is 4.74 Å². The lowest BCUT2D eigenvalue weighted by molar-refractivity contribution is 0.117. The van der Waals surface area contributed by atoms with E-state index in [1.54, 1.807) is 0 Å². The Morgan fingerprint density at radius 2 is 2.08 bits per heavy atom. The molecule has 0 rings (SSSR count). The van der Waals surface area contributed by atoms with Crippen LogP contribution in [0.5, 0.6) is 0 Å². The molecule has 0 bridgehead atoms. The minimum Gasteiger partial charge on any atom is -0.380 e. The first-order valence-electron chi connectivity index (χ1n) is 5.20. The van der Waals surface area contributed by atoms with Gasteiger partial charge in [-0.05, 0) is 26.4 Å². The monoisotopic (exact) mass is 188 g/mol. The molecule has 0 heterocycles. The molecule has 1 atom stereocenters. The number of likely N-dealkylation sites (N-methyl/N-ethyl adjacent to an activating group) is 1. The van der Waals surface area contributed by atoms with Gasteiger partial charge < -0.3 is 15.4 Å². The maximum atomic E-state index is 5.63. The summed E-state index contributed by atoms with van der Waals surface area (Å²) in [6, 6.07) is 0. The average molecular weight is 188 g/mol. The summed E-state index contributed by atoms with van der Waals surface area (Å²) in [4.78, 5) is 2.29. The number of nitrogens with two attached hydrogens (primary N) is 1. The number of nitrogens with zero attached hydrogens (tertiary/aromatic N) is 1. The minimum atomic E-state index is 0.631. The second-order valence-electron chi connectivity index (χ2n) is 3.47. The molecule has 3 heteroatoms. The predicted molar refractivity (Wildman–Crippen MR) is 56.8 cm³/mol. The highest BCUT2D eigenvalue weighted by Gasteiger charge is 2.06. The fourth-order valence-electron chi connectivity index (χ4n) is 1.27. The van der Waals surface area contributed by atoms with Crippen LogP contribution >= 0.6 is 0 Å². The van der Waals surface area contributed by atoms with E-state index in [4.69, 9.17) is 10.5 Å². The SMILES string of the molecule is CCOCCN(C)CC(CC)CN. The molecule has 80 valence electrons. The van der Waals surface area contributed by atoms with E-state index in [0.717, 1.165) is 39.3 Å². The van der Waals surface area contributed by atoms with Crippen molar-refractivity contribution in [2.75, 3.05) is 39.9 Å². The van der Waals surface area contributed by atoms with Crippen molar-refractivity contribution in [2.24, 2.45) is 11.7 Å². The summed E-state index contributed by atoms with van der Waals surface area (Å²) in [5.41, 5.74) is 5.63. The minimum absolute atomic E-state index is 0.631. The zero-order valence-electron chi connectivity index (χ0n) is 9.25. The van der Waals surface area contributed by atoms with E-state index in [9.17, 15) is 0 Å². The van der Waals surface area contributed by atoms with Crippen molar-refractivity contribution >= 4 is 0 Å². The third kappa shape index (κ3) is 6.99. The maximum Gasteiger partial charge on any atom is 0.0593 e. The normalized spacial score (nSPS) is 13.6. The summed E-state index contributed by atoms with van der Waals surface area (Å²) < 4.78 is 5.28. The van der Waals surface area contributed by atoms with Gasteiger partial charge in [-0.3, -0.25) is 0 Å². The Kier molecular flexibility index (Phi) is 8.40. The van der Waals surface area contributed by atoms with Gasteiger partial charge in [-0.1, -0.05) is 13.3 Å². The summed E-state index contributed by atoms with van der Waals surface area (Å²) >= 11 is 0. The van der Waals surface area contributed by atoms with Crippen LogP contribution < -0.4 is 5.73 Å². The van der Waals surface area contributed by atoms with Crippen LogP contribution in [0.4, 0.5) is 0 Å². The summed E-state index contributed by atoms with van der Waals surface area (Å²) in [5.74, 6) is 0.631. The molecular formula is C10H24N2O. The molecule has 3 nitrogen and oxygen atoms in total. The quantitative estimate of drug-likeness (QED) is 0.576. The molecule has 1 unspecified atom stereocenters. The largest absolute Gasteiger partial charge is 0.380 e. The molecule has 0 aromatic heterocycles. The molecule has 0 aliphatic heterocycles. The molecule has 13 heavy (non-hydrogen) atoms. The second-order valence-corrected chi connectivity index (χ2v) is 3.47. The Labute approximate surface area is 82.2 Å². The molecule has 0 spiro atoms. The van der Waals surface area contributed by atoms with Crippen molar-refractivity contribution in [3.05, 3.63) is 0 Å². The Morgan fingerprint density at radius 3 is 2.54 bits per heavy atom. The van der Waals surface area contributed by atoms with Crippen LogP contribution in [0.25, 0.3) is 0 Å². The van der Waals surface area contributed by atoms with Gasteiger partial charge in [0, 0.05) is 19.7 Å². The van der Waals surface area contributed by atoms with Gasteiger partial charge in [0.2, 0.25) is 0 Å². The van der Waals surface area contributed by atoms with Gasteiger partial charge in [-0.2, -0.15) is 0 Å². The van der Waals surface area contributed by atoms with E-state index >= 15 is 0 Å². The Bertz CT molecular complexity index is 105. The number of hydrogen-bond acceptors (Lipinski definition) is 3. The molecule has 0 fully saturated rings. The van der Waals surface area contributed by atoms with Crippen LogP contribution in [0.2, 0.25) is 0 Å². The molecule has 0 aliphatic rings. The summed E-state index contributed by atoms with van der Waals surface area (Å²) in [6.45, 7) is 8.72. The van der Waals surface area contributed by atoms with Crippen LogP contribution in [0, 0.1) is 5.92 Å². The molecule has 0 aromatic carbocycles. The third-order valence-electron chi connectivity index (χ3n) is 2.30. The lowest BCUT2D eigenvalue weighted by Crippen LogP contribution is -2.32. The van der Waals surface area contributed by atoms with Crippen molar-refractivity contribution in [1.29, 1.82) is 0 Å². The van der Waals surface area contributed by atoms with E-state index in [0.29, 0.717) is 5.92 Å². The van der Waals surface area contributed by atoms with Crippen molar-refractivity contribution in [1.82, 2.24) is 4.90 Å². The Morgan fingerprint density at radius 1 is 1.38 bits per heavy atom. The highest BCUT2D eigenvalue weighted by Crippen LogP contribution is 2.01. The van der Waals surface area contributed by atoms with Gasteiger partial charge in [-0.25, -0.2) is 0 Å².